The van der Waals surface area contributed by atoms with Gasteiger partial charge in [-0.2, -0.15) is 13.2 Å². The molecule has 0 N–H and O–H groups in total. The summed E-state index contributed by atoms with van der Waals surface area (Å²) in [7, 11) is 0. The Balaban J connectivity index is 2.52. The van der Waals surface area contributed by atoms with Gasteiger partial charge >= 0.3 is 12.1 Å². The van der Waals surface area contributed by atoms with E-state index in [-0.39, 0.29) is 5.56 Å². The van der Waals surface area contributed by atoms with E-state index in [0.29, 0.717) is 0 Å². The fraction of sp³-hybridized carbons (Fsp3) is 0.222. The number of carbonyl (C=O) groups is 1. The predicted octanol–water partition coefficient (Wildman–Crippen LogP) is 2.41. The van der Waals surface area contributed by atoms with Crippen molar-refractivity contribution in [3.8, 4) is 0 Å². The Labute approximate surface area is 78.3 Å². The fourth-order valence-electron chi connectivity index (χ4n) is 0.805. The van der Waals surface area contributed by atoms with E-state index in [2.05, 4.69) is 4.74 Å². The lowest BCUT2D eigenvalue weighted by Crippen LogP contribution is -2.20. The molecule has 0 saturated carbocycles. The molecular weight excluding hydrogens is 197 g/mol. The number of esters is 1. The van der Waals surface area contributed by atoms with Gasteiger partial charge in [-0.3, -0.25) is 0 Å². The van der Waals surface area contributed by atoms with Crippen LogP contribution in [0.4, 0.5) is 13.2 Å². The molecule has 1 rings (SSSR count). The third-order valence-corrected chi connectivity index (χ3v) is 1.38. The second kappa shape index (κ2) is 4.13. The van der Waals surface area contributed by atoms with E-state index in [4.69, 9.17) is 0 Å². The minimum Gasteiger partial charge on any atom is -0.452 e. The van der Waals surface area contributed by atoms with Gasteiger partial charge in [-0.25, -0.2) is 4.79 Å². The van der Waals surface area contributed by atoms with Gasteiger partial charge in [0.05, 0.1) is 5.56 Å². The second-order valence-electron chi connectivity index (χ2n) is 2.56. The van der Waals surface area contributed by atoms with Crippen molar-refractivity contribution < 1.29 is 22.7 Å². The highest BCUT2D eigenvalue weighted by molar-refractivity contribution is 5.89. The number of halogens is 3. The summed E-state index contributed by atoms with van der Waals surface area (Å²) in [4.78, 5) is 11.0. The van der Waals surface area contributed by atoms with E-state index in [1.54, 1.807) is 18.2 Å². The molecule has 0 amide bonds. The lowest BCUT2D eigenvalue weighted by atomic mass is 10.2. The van der Waals surface area contributed by atoms with Crippen LogP contribution < -0.4 is 0 Å². The van der Waals surface area contributed by atoms with Gasteiger partial charge < -0.3 is 4.74 Å². The number of rotatable bonds is 2. The molecule has 14 heavy (non-hydrogen) atoms. The number of benzene rings is 1. The number of alkyl halides is 3. The molecule has 0 saturated heterocycles. The van der Waals surface area contributed by atoms with Crippen LogP contribution in [-0.2, 0) is 4.74 Å². The molecule has 0 aliphatic heterocycles. The van der Waals surface area contributed by atoms with Gasteiger partial charge in [0.1, 0.15) is 0 Å². The third-order valence-electron chi connectivity index (χ3n) is 1.38. The van der Waals surface area contributed by atoms with Crippen LogP contribution in [0.5, 0.6) is 0 Å². The molecule has 0 aliphatic rings. The predicted molar refractivity (Wildman–Crippen MR) is 42.8 cm³/mol. The number of hydrogen-bond donors (Lipinski definition) is 0. The molecule has 0 bridgehead atoms. The molecule has 1 aromatic rings. The standard InChI is InChI=1S/C9H7F3O2/c10-9(11,12)6-14-8(13)7-4-2-1-3-5-7/h1-5H,6H2. The summed E-state index contributed by atoms with van der Waals surface area (Å²) in [6.45, 7) is -1.55. The quantitative estimate of drug-likeness (QED) is 0.691. The highest BCUT2D eigenvalue weighted by atomic mass is 19.4. The summed E-state index contributed by atoms with van der Waals surface area (Å²) in [5, 5.41) is 0. The van der Waals surface area contributed by atoms with Crippen molar-refractivity contribution >= 4 is 5.97 Å². The van der Waals surface area contributed by atoms with Gasteiger partial charge in [0.25, 0.3) is 0 Å². The zero-order valence-corrected chi connectivity index (χ0v) is 7.04. The minimum absolute atomic E-state index is 0.108. The Morgan fingerprint density at radius 1 is 1.21 bits per heavy atom. The van der Waals surface area contributed by atoms with Crippen LogP contribution >= 0.6 is 0 Å². The molecule has 5 heteroatoms. The average Bonchev–Trinajstić information content (AvgIpc) is 2.14. The molecule has 0 spiro atoms. The molecule has 0 unspecified atom stereocenters. The van der Waals surface area contributed by atoms with Gasteiger partial charge in [-0.15, -0.1) is 0 Å². The lowest BCUT2D eigenvalue weighted by Gasteiger charge is -2.07. The summed E-state index contributed by atoms with van der Waals surface area (Å²) < 4.78 is 39.0. The lowest BCUT2D eigenvalue weighted by molar-refractivity contribution is -0.161. The number of hydrogen-bond acceptors (Lipinski definition) is 2. The van der Waals surface area contributed by atoms with Crippen molar-refractivity contribution in [1.82, 2.24) is 0 Å². The molecule has 0 radical (unpaired) electrons. The number of carbonyl (C=O) groups excluding carboxylic acids is 1. The Bertz CT molecular complexity index is 306. The zero-order valence-electron chi connectivity index (χ0n) is 7.04. The molecule has 76 valence electrons. The van der Waals surface area contributed by atoms with Crippen LogP contribution in [0, 0.1) is 0 Å². The molecule has 0 heterocycles. The Morgan fingerprint density at radius 3 is 2.29 bits per heavy atom. The highest BCUT2D eigenvalue weighted by Crippen LogP contribution is 2.15. The summed E-state index contributed by atoms with van der Waals surface area (Å²) in [6.07, 6.45) is -4.48. The van der Waals surface area contributed by atoms with Crippen molar-refractivity contribution in [1.29, 1.82) is 0 Å². The van der Waals surface area contributed by atoms with E-state index in [0.717, 1.165) is 0 Å². The Morgan fingerprint density at radius 2 is 1.79 bits per heavy atom. The van der Waals surface area contributed by atoms with Crippen molar-refractivity contribution in [2.45, 2.75) is 6.18 Å². The highest BCUT2D eigenvalue weighted by Gasteiger charge is 2.29. The number of ether oxygens (including phenoxy) is 1. The maximum atomic E-state index is 11.7. The Hall–Kier alpha value is -1.52. The van der Waals surface area contributed by atoms with Crippen LogP contribution in [0.3, 0.4) is 0 Å². The molecule has 0 fully saturated rings. The van der Waals surface area contributed by atoms with Gasteiger partial charge in [0, 0.05) is 0 Å². The SMILES string of the molecule is O=C(OCC(F)(F)F)c1ccccc1. The smallest absolute Gasteiger partial charge is 0.422 e. The first-order valence-electron chi connectivity index (χ1n) is 3.78. The third kappa shape index (κ3) is 3.47. The summed E-state index contributed by atoms with van der Waals surface area (Å²) in [5.74, 6) is -0.970. The molecule has 0 aliphatic carbocycles. The fourth-order valence-corrected chi connectivity index (χ4v) is 0.805. The second-order valence-corrected chi connectivity index (χ2v) is 2.56. The van der Waals surface area contributed by atoms with Crippen molar-refractivity contribution in [3.63, 3.8) is 0 Å². The maximum absolute atomic E-state index is 11.7. The zero-order chi connectivity index (χ0) is 10.6. The molecule has 2 nitrogen and oxygen atoms in total. The molecule has 0 aromatic heterocycles. The Kier molecular flexibility index (Phi) is 3.11. The average molecular weight is 204 g/mol. The van der Waals surface area contributed by atoms with Crippen LogP contribution in [0.2, 0.25) is 0 Å². The van der Waals surface area contributed by atoms with Crippen molar-refractivity contribution in [2.24, 2.45) is 0 Å². The molecular formula is C9H7F3O2. The van der Waals surface area contributed by atoms with Gasteiger partial charge in [-0.1, -0.05) is 18.2 Å². The molecule has 1 aromatic carbocycles. The summed E-state index contributed by atoms with van der Waals surface area (Å²) >= 11 is 0. The minimum atomic E-state index is -4.48. The summed E-state index contributed by atoms with van der Waals surface area (Å²) in [6, 6.07) is 7.52. The van der Waals surface area contributed by atoms with E-state index >= 15 is 0 Å². The first-order chi connectivity index (χ1) is 6.49. The van der Waals surface area contributed by atoms with E-state index < -0.39 is 18.8 Å². The monoisotopic (exact) mass is 204 g/mol. The van der Waals surface area contributed by atoms with Crippen LogP contribution in [0.25, 0.3) is 0 Å². The van der Waals surface area contributed by atoms with E-state index in [1.165, 1.54) is 12.1 Å². The van der Waals surface area contributed by atoms with Crippen molar-refractivity contribution in [3.05, 3.63) is 35.9 Å². The van der Waals surface area contributed by atoms with Gasteiger partial charge in [-0.05, 0) is 12.1 Å². The largest absolute Gasteiger partial charge is 0.452 e. The van der Waals surface area contributed by atoms with E-state index in [9.17, 15) is 18.0 Å². The van der Waals surface area contributed by atoms with Gasteiger partial charge in [0.2, 0.25) is 0 Å². The maximum Gasteiger partial charge on any atom is 0.422 e. The summed E-state index contributed by atoms with van der Waals surface area (Å²) in [5.41, 5.74) is 0.108. The van der Waals surface area contributed by atoms with Crippen molar-refractivity contribution in [2.75, 3.05) is 6.61 Å². The van der Waals surface area contributed by atoms with Crippen LogP contribution in [-0.4, -0.2) is 18.8 Å². The van der Waals surface area contributed by atoms with Crippen LogP contribution in [0.1, 0.15) is 10.4 Å². The normalized spacial score (nSPS) is 11.1. The van der Waals surface area contributed by atoms with E-state index in [1.807, 2.05) is 0 Å². The van der Waals surface area contributed by atoms with Gasteiger partial charge in [0.15, 0.2) is 6.61 Å². The molecule has 0 atom stereocenters. The first kappa shape index (κ1) is 10.6. The van der Waals surface area contributed by atoms with Crippen LogP contribution in [0.15, 0.2) is 30.3 Å². The topological polar surface area (TPSA) is 26.3 Å². The first-order valence-corrected chi connectivity index (χ1v) is 3.78.